The zero-order valence-corrected chi connectivity index (χ0v) is 11.8. The Balaban J connectivity index is 2.24. The summed E-state index contributed by atoms with van der Waals surface area (Å²) in [4.78, 5) is 4.05. The second-order valence-corrected chi connectivity index (χ2v) is 4.76. The Kier molecular flexibility index (Phi) is 5.40. The van der Waals surface area contributed by atoms with Crippen molar-refractivity contribution in [3.05, 3.63) is 76.6 Å². The molecule has 0 fully saturated rings. The van der Waals surface area contributed by atoms with Crippen LogP contribution in [-0.2, 0) is 0 Å². The monoisotopic (exact) mass is 292 g/mol. The third-order valence-electron chi connectivity index (χ3n) is 2.77. The second-order valence-electron chi connectivity index (χ2n) is 4.06. The van der Waals surface area contributed by atoms with E-state index in [9.17, 15) is 0 Å². The summed E-state index contributed by atoms with van der Waals surface area (Å²) < 4.78 is 0. The fraction of sp³-hybridized carbons (Fsp3) is 0.133. The van der Waals surface area contributed by atoms with Crippen molar-refractivity contribution in [2.75, 3.05) is 6.54 Å². The molecule has 0 aliphatic carbocycles. The number of aromatic nitrogens is 1. The summed E-state index contributed by atoms with van der Waals surface area (Å²) in [7, 11) is 0. The predicted octanol–water partition coefficient (Wildman–Crippen LogP) is 4.08. The SMILES string of the molecule is ClC=C(Cl)CNC(c1ccccc1)c1ccncc1. The van der Waals surface area contributed by atoms with E-state index in [1.165, 1.54) is 11.1 Å². The maximum absolute atomic E-state index is 5.94. The Bertz CT molecular complexity index is 487. The third-order valence-corrected chi connectivity index (χ3v) is 3.38. The van der Waals surface area contributed by atoms with Crippen LogP contribution >= 0.6 is 23.2 Å². The number of hydrogen-bond acceptors (Lipinski definition) is 2. The van der Waals surface area contributed by atoms with Gasteiger partial charge in [0.05, 0.1) is 6.04 Å². The Morgan fingerprint density at radius 2 is 1.74 bits per heavy atom. The summed E-state index contributed by atoms with van der Waals surface area (Å²) in [6.07, 6.45) is 3.57. The van der Waals surface area contributed by atoms with Crippen molar-refractivity contribution >= 4 is 23.2 Å². The van der Waals surface area contributed by atoms with Crippen molar-refractivity contribution in [2.24, 2.45) is 0 Å². The summed E-state index contributed by atoms with van der Waals surface area (Å²) in [5, 5.41) is 3.97. The number of pyridine rings is 1. The molecule has 0 aliphatic heterocycles. The molecular formula is C15H14Cl2N2. The van der Waals surface area contributed by atoms with Gasteiger partial charge in [-0.15, -0.1) is 0 Å². The van der Waals surface area contributed by atoms with Gasteiger partial charge in [-0.25, -0.2) is 0 Å². The molecule has 19 heavy (non-hydrogen) atoms. The van der Waals surface area contributed by atoms with Gasteiger partial charge in [0, 0.05) is 29.5 Å². The van der Waals surface area contributed by atoms with E-state index in [4.69, 9.17) is 23.2 Å². The Hall–Kier alpha value is -1.35. The normalized spacial score (nSPS) is 13.3. The zero-order valence-electron chi connectivity index (χ0n) is 10.3. The molecule has 0 aliphatic rings. The first-order valence-electron chi connectivity index (χ1n) is 5.94. The van der Waals surface area contributed by atoms with Gasteiger partial charge in [0.2, 0.25) is 0 Å². The second kappa shape index (κ2) is 7.29. The number of nitrogens with zero attached hydrogens (tertiary/aromatic N) is 1. The largest absolute Gasteiger partial charge is 0.301 e. The van der Waals surface area contributed by atoms with E-state index in [1.54, 1.807) is 12.4 Å². The van der Waals surface area contributed by atoms with Crippen LogP contribution in [0.5, 0.6) is 0 Å². The highest BCUT2D eigenvalue weighted by Crippen LogP contribution is 2.21. The third kappa shape index (κ3) is 4.06. The fourth-order valence-corrected chi connectivity index (χ4v) is 2.02. The maximum Gasteiger partial charge on any atom is 0.0580 e. The summed E-state index contributed by atoms with van der Waals surface area (Å²) in [5.74, 6) is 0. The van der Waals surface area contributed by atoms with E-state index < -0.39 is 0 Å². The smallest absolute Gasteiger partial charge is 0.0580 e. The topological polar surface area (TPSA) is 24.9 Å². The lowest BCUT2D eigenvalue weighted by Crippen LogP contribution is -2.23. The van der Waals surface area contributed by atoms with Crippen LogP contribution in [0.15, 0.2) is 65.4 Å². The molecule has 1 aromatic carbocycles. The van der Waals surface area contributed by atoms with Gasteiger partial charge in [0.25, 0.3) is 0 Å². The van der Waals surface area contributed by atoms with Crippen LogP contribution in [0.4, 0.5) is 0 Å². The minimum atomic E-state index is 0.0644. The van der Waals surface area contributed by atoms with Crippen molar-refractivity contribution in [1.29, 1.82) is 0 Å². The lowest BCUT2D eigenvalue weighted by molar-refractivity contribution is 0.648. The Morgan fingerprint density at radius 3 is 2.37 bits per heavy atom. The van der Waals surface area contributed by atoms with Gasteiger partial charge >= 0.3 is 0 Å². The van der Waals surface area contributed by atoms with E-state index in [2.05, 4.69) is 22.4 Å². The van der Waals surface area contributed by atoms with E-state index in [0.29, 0.717) is 11.6 Å². The van der Waals surface area contributed by atoms with Gasteiger partial charge in [-0.05, 0) is 23.3 Å². The minimum absolute atomic E-state index is 0.0644. The van der Waals surface area contributed by atoms with Crippen LogP contribution < -0.4 is 5.32 Å². The van der Waals surface area contributed by atoms with Crippen LogP contribution in [0, 0.1) is 0 Å². The van der Waals surface area contributed by atoms with Crippen LogP contribution in [0.2, 0.25) is 0 Å². The first-order chi connectivity index (χ1) is 9.31. The molecule has 0 amide bonds. The van der Waals surface area contributed by atoms with Gasteiger partial charge in [-0.3, -0.25) is 4.98 Å². The number of halogens is 2. The summed E-state index contributed by atoms with van der Waals surface area (Å²) in [6, 6.07) is 14.2. The lowest BCUT2D eigenvalue weighted by Gasteiger charge is -2.19. The highest BCUT2D eigenvalue weighted by atomic mass is 35.5. The fourth-order valence-electron chi connectivity index (χ4n) is 1.87. The lowest BCUT2D eigenvalue weighted by atomic mass is 10.00. The average Bonchev–Trinajstić information content (AvgIpc) is 2.49. The van der Waals surface area contributed by atoms with Crippen LogP contribution in [0.25, 0.3) is 0 Å². The summed E-state index contributed by atoms with van der Waals surface area (Å²) >= 11 is 11.5. The van der Waals surface area contributed by atoms with Gasteiger partial charge in [-0.1, -0.05) is 53.5 Å². The maximum atomic E-state index is 5.94. The molecule has 1 atom stereocenters. The molecule has 1 heterocycles. The quantitative estimate of drug-likeness (QED) is 0.898. The molecule has 0 saturated heterocycles. The predicted molar refractivity (Wildman–Crippen MR) is 80.3 cm³/mol. The van der Waals surface area contributed by atoms with Crippen molar-refractivity contribution in [1.82, 2.24) is 10.3 Å². The molecule has 0 bridgehead atoms. The summed E-state index contributed by atoms with van der Waals surface area (Å²) in [5.41, 5.74) is 3.69. The molecule has 0 saturated carbocycles. The first kappa shape index (κ1) is 14.1. The molecule has 0 radical (unpaired) electrons. The van der Waals surface area contributed by atoms with Gasteiger partial charge in [0.15, 0.2) is 0 Å². The molecule has 1 N–H and O–H groups in total. The molecule has 0 spiro atoms. The standard InChI is InChI=1S/C15H14Cl2N2/c16-10-14(17)11-19-15(12-4-2-1-3-5-12)13-6-8-18-9-7-13/h1-10,15,19H,11H2. The van der Waals surface area contributed by atoms with Crippen LogP contribution in [-0.4, -0.2) is 11.5 Å². The van der Waals surface area contributed by atoms with Crippen LogP contribution in [0.3, 0.4) is 0 Å². The average molecular weight is 293 g/mol. The Labute approximate surface area is 123 Å². The van der Waals surface area contributed by atoms with Gasteiger partial charge < -0.3 is 5.32 Å². The Morgan fingerprint density at radius 1 is 1.11 bits per heavy atom. The van der Waals surface area contributed by atoms with E-state index in [0.717, 1.165) is 5.56 Å². The number of rotatable bonds is 5. The van der Waals surface area contributed by atoms with E-state index in [-0.39, 0.29) is 6.04 Å². The highest BCUT2D eigenvalue weighted by molar-refractivity contribution is 6.36. The zero-order chi connectivity index (χ0) is 13.5. The number of nitrogens with one attached hydrogen (secondary N) is 1. The molecule has 2 nitrogen and oxygen atoms in total. The molecule has 2 aromatic rings. The highest BCUT2D eigenvalue weighted by Gasteiger charge is 2.13. The molecule has 1 unspecified atom stereocenters. The number of hydrogen-bond donors (Lipinski definition) is 1. The van der Waals surface area contributed by atoms with Gasteiger partial charge in [-0.2, -0.15) is 0 Å². The molecule has 4 heteroatoms. The van der Waals surface area contributed by atoms with Crippen LogP contribution in [0.1, 0.15) is 17.2 Å². The van der Waals surface area contributed by atoms with Crippen molar-refractivity contribution in [3.63, 3.8) is 0 Å². The molecule has 2 rings (SSSR count). The van der Waals surface area contributed by atoms with Crippen molar-refractivity contribution in [3.8, 4) is 0 Å². The molecule has 98 valence electrons. The molecular weight excluding hydrogens is 279 g/mol. The van der Waals surface area contributed by atoms with Crippen molar-refractivity contribution in [2.45, 2.75) is 6.04 Å². The van der Waals surface area contributed by atoms with E-state index in [1.807, 2.05) is 30.3 Å². The molecule has 1 aromatic heterocycles. The van der Waals surface area contributed by atoms with Crippen molar-refractivity contribution < 1.29 is 0 Å². The summed E-state index contributed by atoms with van der Waals surface area (Å²) in [6.45, 7) is 0.521. The number of benzene rings is 1. The van der Waals surface area contributed by atoms with E-state index >= 15 is 0 Å². The minimum Gasteiger partial charge on any atom is -0.301 e. The first-order valence-corrected chi connectivity index (χ1v) is 6.75. The van der Waals surface area contributed by atoms with Gasteiger partial charge in [0.1, 0.15) is 0 Å².